The fourth-order valence-corrected chi connectivity index (χ4v) is 4.78. The third-order valence-electron chi connectivity index (χ3n) is 3.66. The first-order valence-electron chi connectivity index (χ1n) is 6.00. The molecule has 19 heavy (non-hydrogen) atoms. The van der Waals surface area contributed by atoms with Crippen molar-refractivity contribution < 1.29 is 13.3 Å². The number of nitro benzene ring substituents is 1. The highest BCUT2D eigenvalue weighted by atomic mass is 32.2. The molecule has 104 valence electrons. The van der Waals surface area contributed by atoms with Gasteiger partial charge >= 0.3 is 0 Å². The van der Waals surface area contributed by atoms with E-state index in [0.29, 0.717) is 18.4 Å². The molecule has 6 nitrogen and oxygen atoms in total. The van der Waals surface area contributed by atoms with E-state index in [9.17, 15) is 18.5 Å². The number of benzene rings is 1. The minimum absolute atomic E-state index is 0.0164. The van der Waals surface area contributed by atoms with Crippen LogP contribution in [-0.2, 0) is 16.3 Å². The molecule has 0 amide bonds. The molecule has 1 unspecified atom stereocenters. The van der Waals surface area contributed by atoms with Gasteiger partial charge in [-0.2, -0.15) is 0 Å². The maximum absolute atomic E-state index is 11.6. The Balaban J connectivity index is 2.32. The van der Waals surface area contributed by atoms with E-state index in [1.54, 1.807) is 18.2 Å². The van der Waals surface area contributed by atoms with Crippen LogP contribution in [0, 0.1) is 15.5 Å². The minimum Gasteiger partial charge on any atom is -0.330 e. The highest BCUT2D eigenvalue weighted by Crippen LogP contribution is 2.36. The number of nitrogens with zero attached hydrogens (tertiary/aromatic N) is 1. The van der Waals surface area contributed by atoms with Crippen molar-refractivity contribution in [3.05, 3.63) is 39.9 Å². The summed E-state index contributed by atoms with van der Waals surface area (Å²) in [6, 6.07) is 6.42. The number of para-hydroxylation sites is 1. The van der Waals surface area contributed by atoms with Crippen LogP contribution in [0.5, 0.6) is 0 Å². The second-order valence-electron chi connectivity index (χ2n) is 5.11. The summed E-state index contributed by atoms with van der Waals surface area (Å²) in [6.07, 6.45) is 0.803. The summed E-state index contributed by atoms with van der Waals surface area (Å²) in [5, 5.41) is 11.0. The first kappa shape index (κ1) is 14.0. The molecule has 7 heteroatoms. The van der Waals surface area contributed by atoms with Gasteiger partial charge in [-0.1, -0.05) is 18.2 Å². The zero-order valence-corrected chi connectivity index (χ0v) is 11.2. The second-order valence-corrected chi connectivity index (χ2v) is 7.29. The highest BCUT2D eigenvalue weighted by molar-refractivity contribution is 7.91. The Bertz CT molecular complexity index is 600. The number of nitro groups is 1. The van der Waals surface area contributed by atoms with Gasteiger partial charge in [0.15, 0.2) is 9.84 Å². The van der Waals surface area contributed by atoms with E-state index in [-0.39, 0.29) is 23.7 Å². The van der Waals surface area contributed by atoms with E-state index in [1.165, 1.54) is 6.07 Å². The standard InChI is InChI=1S/C12H16N2O4S/c13-8-12(5-6-19(17,18)9-12)7-10-3-1-2-4-11(10)14(15)16/h1-4H,5-9,13H2. The monoisotopic (exact) mass is 284 g/mol. The smallest absolute Gasteiger partial charge is 0.272 e. The average Bonchev–Trinajstić information content (AvgIpc) is 2.66. The van der Waals surface area contributed by atoms with Crippen molar-refractivity contribution in [1.82, 2.24) is 0 Å². The molecule has 1 saturated heterocycles. The summed E-state index contributed by atoms with van der Waals surface area (Å²) in [6.45, 7) is 0.221. The third kappa shape index (κ3) is 2.93. The number of nitrogens with two attached hydrogens (primary N) is 1. The van der Waals surface area contributed by atoms with Crippen molar-refractivity contribution in [2.24, 2.45) is 11.1 Å². The zero-order valence-electron chi connectivity index (χ0n) is 10.4. The van der Waals surface area contributed by atoms with Gasteiger partial charge in [-0.15, -0.1) is 0 Å². The average molecular weight is 284 g/mol. The van der Waals surface area contributed by atoms with Crippen LogP contribution in [0.3, 0.4) is 0 Å². The van der Waals surface area contributed by atoms with Gasteiger partial charge in [-0.25, -0.2) is 8.42 Å². The van der Waals surface area contributed by atoms with Crippen molar-refractivity contribution in [3.8, 4) is 0 Å². The van der Waals surface area contributed by atoms with Crippen LogP contribution in [-0.4, -0.2) is 31.4 Å². The lowest BCUT2D eigenvalue weighted by molar-refractivity contribution is -0.385. The molecule has 0 aliphatic carbocycles. The molecule has 0 spiro atoms. The van der Waals surface area contributed by atoms with Gasteiger partial charge in [0.2, 0.25) is 0 Å². The van der Waals surface area contributed by atoms with Gasteiger partial charge in [-0.05, 0) is 19.4 Å². The van der Waals surface area contributed by atoms with Crippen molar-refractivity contribution in [1.29, 1.82) is 0 Å². The molecule has 1 aromatic carbocycles. The van der Waals surface area contributed by atoms with Crippen LogP contribution in [0.1, 0.15) is 12.0 Å². The Morgan fingerprint density at radius 1 is 1.37 bits per heavy atom. The number of hydrogen-bond acceptors (Lipinski definition) is 5. The molecule has 0 bridgehead atoms. The zero-order chi connectivity index (χ0) is 14.1. The van der Waals surface area contributed by atoms with Gasteiger partial charge in [0.05, 0.1) is 16.4 Å². The molecule has 1 aromatic rings. The fourth-order valence-electron chi connectivity index (χ4n) is 2.60. The Morgan fingerprint density at radius 3 is 2.58 bits per heavy atom. The van der Waals surface area contributed by atoms with Crippen molar-refractivity contribution in [2.45, 2.75) is 12.8 Å². The molecule has 0 aromatic heterocycles. The van der Waals surface area contributed by atoms with Crippen molar-refractivity contribution in [3.63, 3.8) is 0 Å². The SMILES string of the molecule is NCC1(Cc2ccccc2[N+](=O)[O-])CCS(=O)(=O)C1. The van der Waals surface area contributed by atoms with Crippen molar-refractivity contribution >= 4 is 15.5 Å². The number of hydrogen-bond donors (Lipinski definition) is 1. The molecular formula is C12H16N2O4S. The molecule has 1 atom stereocenters. The Labute approximate surface area is 111 Å². The molecular weight excluding hydrogens is 268 g/mol. The van der Waals surface area contributed by atoms with E-state index >= 15 is 0 Å². The molecule has 1 aliphatic heterocycles. The quantitative estimate of drug-likeness (QED) is 0.653. The molecule has 1 aliphatic rings. The van der Waals surface area contributed by atoms with Gasteiger partial charge in [-0.3, -0.25) is 10.1 Å². The lowest BCUT2D eigenvalue weighted by Gasteiger charge is -2.25. The fraction of sp³-hybridized carbons (Fsp3) is 0.500. The van der Waals surface area contributed by atoms with E-state index in [1.807, 2.05) is 0 Å². The largest absolute Gasteiger partial charge is 0.330 e. The Kier molecular flexibility index (Phi) is 3.60. The molecule has 1 heterocycles. The van der Waals surface area contributed by atoms with Crippen LogP contribution in [0.15, 0.2) is 24.3 Å². The van der Waals surface area contributed by atoms with E-state index < -0.39 is 20.2 Å². The van der Waals surface area contributed by atoms with Crippen LogP contribution >= 0.6 is 0 Å². The summed E-state index contributed by atoms with van der Waals surface area (Å²) >= 11 is 0. The molecule has 2 N–H and O–H groups in total. The van der Waals surface area contributed by atoms with Crippen LogP contribution in [0.4, 0.5) is 5.69 Å². The summed E-state index contributed by atoms with van der Waals surface area (Å²) in [5.74, 6) is 0.132. The predicted molar refractivity (Wildman–Crippen MR) is 71.6 cm³/mol. The topological polar surface area (TPSA) is 103 Å². The number of rotatable bonds is 4. The molecule has 0 saturated carbocycles. The van der Waals surface area contributed by atoms with Crippen molar-refractivity contribution in [2.75, 3.05) is 18.1 Å². The predicted octanol–water partition coefficient (Wildman–Crippen LogP) is 0.901. The minimum atomic E-state index is -3.07. The van der Waals surface area contributed by atoms with Crippen LogP contribution < -0.4 is 5.73 Å². The van der Waals surface area contributed by atoms with E-state index in [4.69, 9.17) is 5.73 Å². The normalized spacial score (nSPS) is 25.3. The first-order valence-corrected chi connectivity index (χ1v) is 7.82. The molecule has 2 rings (SSSR count). The Morgan fingerprint density at radius 2 is 2.05 bits per heavy atom. The van der Waals surface area contributed by atoms with Gasteiger partial charge in [0, 0.05) is 17.0 Å². The summed E-state index contributed by atoms with van der Waals surface area (Å²) < 4.78 is 23.2. The second kappa shape index (κ2) is 4.90. The lowest BCUT2D eigenvalue weighted by atomic mass is 9.81. The molecule has 1 fully saturated rings. The number of sulfone groups is 1. The van der Waals surface area contributed by atoms with Crippen LogP contribution in [0.2, 0.25) is 0 Å². The van der Waals surface area contributed by atoms with Gasteiger partial charge < -0.3 is 5.73 Å². The van der Waals surface area contributed by atoms with Gasteiger partial charge in [0.25, 0.3) is 5.69 Å². The Hall–Kier alpha value is -1.47. The van der Waals surface area contributed by atoms with E-state index in [0.717, 1.165) is 0 Å². The summed E-state index contributed by atoms with van der Waals surface area (Å²) in [7, 11) is -3.07. The lowest BCUT2D eigenvalue weighted by Crippen LogP contribution is -2.34. The molecule has 0 radical (unpaired) electrons. The van der Waals surface area contributed by atoms with Crippen LogP contribution in [0.25, 0.3) is 0 Å². The highest BCUT2D eigenvalue weighted by Gasteiger charge is 2.42. The third-order valence-corrected chi connectivity index (χ3v) is 5.53. The summed E-state index contributed by atoms with van der Waals surface area (Å²) in [4.78, 5) is 10.5. The first-order chi connectivity index (χ1) is 8.87. The summed E-state index contributed by atoms with van der Waals surface area (Å²) in [5.41, 5.74) is 5.74. The maximum atomic E-state index is 11.6. The van der Waals surface area contributed by atoms with Gasteiger partial charge in [0.1, 0.15) is 0 Å². The van der Waals surface area contributed by atoms with E-state index in [2.05, 4.69) is 0 Å². The maximum Gasteiger partial charge on any atom is 0.272 e.